The lowest BCUT2D eigenvalue weighted by Gasteiger charge is -2.31. The van der Waals surface area contributed by atoms with Gasteiger partial charge in [-0.3, -0.25) is 19.6 Å². The number of hydrogen-bond donors (Lipinski definition) is 1. The largest absolute Gasteiger partial charge is 0.322 e. The summed E-state index contributed by atoms with van der Waals surface area (Å²) in [5.74, 6) is -1.69. The topological polar surface area (TPSA) is 77.9 Å². The SMILES string of the molecule is C=C1CN(C2CCC(=O)N(O)C2=O)C(=O)/C1=C/C=C\C. The Morgan fingerprint density at radius 3 is 2.70 bits per heavy atom. The lowest BCUT2D eigenvalue weighted by atomic mass is 10.0. The number of amides is 3. The summed E-state index contributed by atoms with van der Waals surface area (Å²) >= 11 is 0. The van der Waals surface area contributed by atoms with E-state index in [2.05, 4.69) is 6.58 Å². The number of allylic oxidation sites excluding steroid dienone is 3. The van der Waals surface area contributed by atoms with Gasteiger partial charge < -0.3 is 4.90 Å². The fourth-order valence-corrected chi connectivity index (χ4v) is 2.34. The molecule has 0 aromatic carbocycles. The van der Waals surface area contributed by atoms with Gasteiger partial charge in [-0.25, -0.2) is 0 Å². The van der Waals surface area contributed by atoms with E-state index in [1.54, 1.807) is 18.2 Å². The van der Waals surface area contributed by atoms with Crippen molar-refractivity contribution in [2.24, 2.45) is 0 Å². The highest BCUT2D eigenvalue weighted by molar-refractivity contribution is 6.06. The highest BCUT2D eigenvalue weighted by Gasteiger charge is 2.43. The molecule has 0 aliphatic carbocycles. The summed E-state index contributed by atoms with van der Waals surface area (Å²) in [7, 11) is 0. The van der Waals surface area contributed by atoms with Crippen LogP contribution in [-0.2, 0) is 14.4 Å². The highest BCUT2D eigenvalue weighted by atomic mass is 16.5. The fraction of sp³-hybridized carbons (Fsp3) is 0.357. The van der Waals surface area contributed by atoms with E-state index in [0.717, 1.165) is 0 Å². The van der Waals surface area contributed by atoms with Crippen molar-refractivity contribution in [2.75, 3.05) is 6.54 Å². The Morgan fingerprint density at radius 2 is 2.05 bits per heavy atom. The Hall–Kier alpha value is -2.21. The van der Waals surface area contributed by atoms with Crippen LogP contribution in [0.2, 0.25) is 0 Å². The number of hydrogen-bond acceptors (Lipinski definition) is 4. The first-order valence-electron chi connectivity index (χ1n) is 6.35. The Kier molecular flexibility index (Phi) is 3.85. The standard InChI is InChI=1S/C14H16N2O4/c1-3-4-5-10-9(2)8-15(13(10)18)11-6-7-12(17)16(20)14(11)19/h3-5,11,20H,2,6-8H2,1H3/b4-3-,10-5+. The maximum absolute atomic E-state index is 12.3. The molecule has 2 fully saturated rings. The lowest BCUT2D eigenvalue weighted by Crippen LogP contribution is -2.53. The van der Waals surface area contributed by atoms with Crippen molar-refractivity contribution in [3.63, 3.8) is 0 Å². The van der Waals surface area contributed by atoms with E-state index in [-0.39, 0.29) is 30.4 Å². The van der Waals surface area contributed by atoms with E-state index < -0.39 is 17.9 Å². The molecular weight excluding hydrogens is 260 g/mol. The van der Waals surface area contributed by atoms with Crippen LogP contribution >= 0.6 is 0 Å². The Bertz CT molecular complexity index is 547. The maximum atomic E-state index is 12.3. The van der Waals surface area contributed by atoms with E-state index in [1.165, 1.54) is 4.90 Å². The summed E-state index contributed by atoms with van der Waals surface area (Å²) in [6.07, 6.45) is 5.43. The van der Waals surface area contributed by atoms with Crippen LogP contribution in [0.25, 0.3) is 0 Å². The highest BCUT2D eigenvalue weighted by Crippen LogP contribution is 2.28. The van der Waals surface area contributed by atoms with Gasteiger partial charge in [0.15, 0.2) is 0 Å². The molecule has 1 atom stereocenters. The van der Waals surface area contributed by atoms with E-state index in [0.29, 0.717) is 11.1 Å². The Labute approximate surface area is 116 Å². The first-order chi connectivity index (χ1) is 9.47. The summed E-state index contributed by atoms with van der Waals surface area (Å²) < 4.78 is 0. The van der Waals surface area contributed by atoms with Gasteiger partial charge in [-0.1, -0.05) is 18.7 Å². The molecule has 20 heavy (non-hydrogen) atoms. The second-order valence-corrected chi connectivity index (χ2v) is 4.74. The molecule has 6 heteroatoms. The van der Waals surface area contributed by atoms with Crippen molar-refractivity contribution in [1.29, 1.82) is 0 Å². The van der Waals surface area contributed by atoms with Crippen molar-refractivity contribution in [2.45, 2.75) is 25.8 Å². The molecule has 3 amide bonds. The smallest absolute Gasteiger partial charge is 0.276 e. The van der Waals surface area contributed by atoms with Gasteiger partial charge >= 0.3 is 0 Å². The number of likely N-dealkylation sites (tertiary alicyclic amines) is 1. The molecule has 0 radical (unpaired) electrons. The first kappa shape index (κ1) is 14.2. The van der Waals surface area contributed by atoms with Crippen molar-refractivity contribution in [3.05, 3.63) is 36.0 Å². The number of carbonyl (C=O) groups excluding carboxylic acids is 3. The van der Waals surface area contributed by atoms with E-state index in [4.69, 9.17) is 0 Å². The average molecular weight is 276 g/mol. The average Bonchev–Trinajstić information content (AvgIpc) is 2.69. The molecule has 2 aliphatic heterocycles. The van der Waals surface area contributed by atoms with Gasteiger partial charge in [0, 0.05) is 18.5 Å². The summed E-state index contributed by atoms with van der Waals surface area (Å²) in [4.78, 5) is 36.8. The molecule has 6 nitrogen and oxygen atoms in total. The van der Waals surface area contributed by atoms with E-state index in [9.17, 15) is 19.6 Å². The van der Waals surface area contributed by atoms with Crippen LogP contribution in [0.15, 0.2) is 36.0 Å². The van der Waals surface area contributed by atoms with Crippen LogP contribution in [0, 0.1) is 0 Å². The lowest BCUT2D eigenvalue weighted by molar-refractivity contribution is -0.188. The number of rotatable bonds is 2. The zero-order valence-corrected chi connectivity index (χ0v) is 11.2. The molecule has 0 spiro atoms. The van der Waals surface area contributed by atoms with Crippen LogP contribution in [-0.4, -0.2) is 45.5 Å². The number of hydroxylamine groups is 2. The monoisotopic (exact) mass is 276 g/mol. The third-order valence-electron chi connectivity index (χ3n) is 3.43. The van der Waals surface area contributed by atoms with Gasteiger partial charge in [-0.2, -0.15) is 5.06 Å². The first-order valence-corrected chi connectivity index (χ1v) is 6.35. The van der Waals surface area contributed by atoms with Crippen LogP contribution in [0.5, 0.6) is 0 Å². The molecule has 2 saturated heterocycles. The van der Waals surface area contributed by atoms with Crippen LogP contribution in [0.1, 0.15) is 19.8 Å². The number of nitrogens with zero attached hydrogens (tertiary/aromatic N) is 2. The summed E-state index contributed by atoms with van der Waals surface area (Å²) in [5, 5.41) is 9.49. The third-order valence-corrected chi connectivity index (χ3v) is 3.43. The molecule has 2 heterocycles. The Balaban J connectivity index is 2.23. The molecule has 2 rings (SSSR count). The minimum absolute atomic E-state index is 0.0388. The molecule has 0 aromatic rings. The van der Waals surface area contributed by atoms with Gasteiger partial charge in [0.1, 0.15) is 6.04 Å². The maximum Gasteiger partial charge on any atom is 0.276 e. The fourth-order valence-electron chi connectivity index (χ4n) is 2.34. The minimum Gasteiger partial charge on any atom is -0.322 e. The predicted octanol–water partition coefficient (Wildman–Crippen LogP) is 0.794. The molecule has 0 saturated carbocycles. The van der Waals surface area contributed by atoms with E-state index >= 15 is 0 Å². The van der Waals surface area contributed by atoms with Gasteiger partial charge in [0.25, 0.3) is 17.7 Å². The van der Waals surface area contributed by atoms with Gasteiger partial charge in [0.05, 0.1) is 0 Å². The van der Waals surface area contributed by atoms with Gasteiger partial charge in [0.2, 0.25) is 0 Å². The van der Waals surface area contributed by atoms with Crippen LogP contribution in [0.4, 0.5) is 0 Å². The van der Waals surface area contributed by atoms with E-state index in [1.807, 2.05) is 6.92 Å². The van der Waals surface area contributed by atoms with Crippen LogP contribution in [0.3, 0.4) is 0 Å². The predicted molar refractivity (Wildman–Crippen MR) is 70.4 cm³/mol. The number of carbonyl (C=O) groups is 3. The van der Waals surface area contributed by atoms with Gasteiger partial charge in [-0.05, 0) is 25.0 Å². The molecule has 2 aliphatic rings. The minimum atomic E-state index is -0.807. The third kappa shape index (κ3) is 2.30. The molecule has 0 bridgehead atoms. The molecule has 0 aromatic heterocycles. The quantitative estimate of drug-likeness (QED) is 0.459. The second kappa shape index (κ2) is 5.42. The second-order valence-electron chi connectivity index (χ2n) is 4.74. The number of piperidine rings is 1. The zero-order chi connectivity index (χ0) is 14.9. The van der Waals surface area contributed by atoms with Crippen molar-refractivity contribution >= 4 is 17.7 Å². The summed E-state index contributed by atoms with van der Waals surface area (Å²) in [6.45, 7) is 5.89. The van der Waals surface area contributed by atoms with Crippen molar-refractivity contribution < 1.29 is 19.6 Å². The summed E-state index contributed by atoms with van der Waals surface area (Å²) in [6, 6.07) is -0.807. The molecular formula is C14H16N2O4. The molecule has 1 unspecified atom stereocenters. The van der Waals surface area contributed by atoms with Gasteiger partial charge in [-0.15, -0.1) is 0 Å². The van der Waals surface area contributed by atoms with Crippen molar-refractivity contribution in [3.8, 4) is 0 Å². The summed E-state index contributed by atoms with van der Waals surface area (Å²) in [5.41, 5.74) is 1.08. The Morgan fingerprint density at radius 1 is 1.35 bits per heavy atom. The normalized spacial score (nSPS) is 26.5. The van der Waals surface area contributed by atoms with Crippen molar-refractivity contribution in [1.82, 2.24) is 9.96 Å². The molecule has 1 N–H and O–H groups in total. The molecule has 106 valence electrons. The zero-order valence-electron chi connectivity index (χ0n) is 11.2. The van der Waals surface area contributed by atoms with Crippen LogP contribution < -0.4 is 0 Å². The number of imide groups is 1.